The highest BCUT2D eigenvalue weighted by atomic mass is 32.2. The van der Waals surface area contributed by atoms with Gasteiger partial charge in [-0.25, -0.2) is 17.7 Å². The molecule has 0 radical (unpaired) electrons. The number of nitrogens with zero attached hydrogens (tertiary/aromatic N) is 3. The summed E-state index contributed by atoms with van der Waals surface area (Å²) in [5, 5.41) is 3.32. The third-order valence-electron chi connectivity index (χ3n) is 5.49. The van der Waals surface area contributed by atoms with Gasteiger partial charge in [-0.3, -0.25) is 14.2 Å². The SMILES string of the molecule is Cc1ccc(NC(=O)Cn2cnc3sc4c(c3c2=O)CCCC4)cc1S(=O)(=O)N(C)C. The average Bonchev–Trinajstić information content (AvgIpc) is 3.10. The number of hydrogen-bond donors (Lipinski definition) is 1. The molecule has 0 fully saturated rings. The van der Waals surface area contributed by atoms with E-state index < -0.39 is 15.9 Å². The first-order chi connectivity index (χ1) is 14.7. The molecule has 0 aliphatic heterocycles. The molecular formula is C21H24N4O4S2. The number of fused-ring (bicyclic) bond motifs is 3. The molecule has 0 atom stereocenters. The van der Waals surface area contributed by atoms with Gasteiger partial charge in [-0.15, -0.1) is 11.3 Å². The van der Waals surface area contributed by atoms with E-state index >= 15 is 0 Å². The quantitative estimate of drug-likeness (QED) is 0.631. The molecule has 0 spiro atoms. The van der Waals surface area contributed by atoms with Gasteiger partial charge in [0.05, 0.1) is 16.6 Å². The average molecular weight is 461 g/mol. The molecule has 1 aliphatic rings. The van der Waals surface area contributed by atoms with Crippen LogP contribution in [0.5, 0.6) is 0 Å². The maximum absolute atomic E-state index is 13.0. The van der Waals surface area contributed by atoms with Gasteiger partial charge in [0.15, 0.2) is 0 Å². The number of carbonyl (C=O) groups excluding carboxylic acids is 1. The maximum Gasteiger partial charge on any atom is 0.262 e. The zero-order chi connectivity index (χ0) is 22.3. The van der Waals surface area contributed by atoms with Crippen LogP contribution in [0.3, 0.4) is 0 Å². The molecule has 1 amide bonds. The van der Waals surface area contributed by atoms with Crippen molar-refractivity contribution in [1.82, 2.24) is 13.9 Å². The first-order valence-electron chi connectivity index (χ1n) is 10.0. The molecule has 10 heteroatoms. The van der Waals surface area contributed by atoms with E-state index in [1.807, 2.05) is 0 Å². The zero-order valence-corrected chi connectivity index (χ0v) is 19.3. The molecule has 4 rings (SSSR count). The second kappa shape index (κ2) is 8.18. The van der Waals surface area contributed by atoms with Gasteiger partial charge in [0.1, 0.15) is 11.4 Å². The number of sulfonamides is 1. The van der Waals surface area contributed by atoms with Crippen LogP contribution in [0.1, 0.15) is 28.8 Å². The highest BCUT2D eigenvalue weighted by molar-refractivity contribution is 7.89. The van der Waals surface area contributed by atoms with Crippen LogP contribution in [-0.2, 0) is 34.2 Å². The summed E-state index contributed by atoms with van der Waals surface area (Å²) < 4.78 is 27.4. The van der Waals surface area contributed by atoms with E-state index in [0.29, 0.717) is 16.6 Å². The summed E-state index contributed by atoms with van der Waals surface area (Å²) in [5.41, 5.74) is 1.81. The Balaban J connectivity index is 1.59. The highest BCUT2D eigenvalue weighted by Crippen LogP contribution is 2.33. The van der Waals surface area contributed by atoms with Gasteiger partial charge >= 0.3 is 0 Å². The molecule has 2 heterocycles. The summed E-state index contributed by atoms with van der Waals surface area (Å²) in [4.78, 5) is 32.1. The lowest BCUT2D eigenvalue weighted by atomic mass is 9.97. The summed E-state index contributed by atoms with van der Waals surface area (Å²) in [6.07, 6.45) is 5.43. The lowest BCUT2D eigenvalue weighted by Crippen LogP contribution is -2.28. The number of nitrogens with one attached hydrogen (secondary N) is 1. The Labute approximate surface area is 184 Å². The summed E-state index contributed by atoms with van der Waals surface area (Å²) in [5.74, 6) is -0.426. The Morgan fingerprint density at radius 2 is 2.00 bits per heavy atom. The van der Waals surface area contributed by atoms with Crippen molar-refractivity contribution in [2.75, 3.05) is 19.4 Å². The largest absolute Gasteiger partial charge is 0.324 e. The summed E-state index contributed by atoms with van der Waals surface area (Å²) in [7, 11) is -0.726. The number of benzene rings is 1. The Morgan fingerprint density at radius 3 is 2.74 bits per heavy atom. The fourth-order valence-corrected chi connectivity index (χ4v) is 6.17. The lowest BCUT2D eigenvalue weighted by molar-refractivity contribution is -0.116. The van der Waals surface area contributed by atoms with E-state index in [9.17, 15) is 18.0 Å². The molecule has 1 aliphatic carbocycles. The zero-order valence-electron chi connectivity index (χ0n) is 17.6. The van der Waals surface area contributed by atoms with Gasteiger partial charge in [-0.2, -0.15) is 0 Å². The van der Waals surface area contributed by atoms with Crippen molar-refractivity contribution in [3.63, 3.8) is 0 Å². The first-order valence-corrected chi connectivity index (χ1v) is 12.3. The van der Waals surface area contributed by atoms with Crippen molar-refractivity contribution in [3.05, 3.63) is 50.9 Å². The predicted octanol–water partition coefficient (Wildman–Crippen LogP) is 2.53. The molecule has 164 valence electrons. The highest BCUT2D eigenvalue weighted by Gasteiger charge is 2.22. The van der Waals surface area contributed by atoms with Gasteiger partial charge in [0.25, 0.3) is 5.56 Å². The van der Waals surface area contributed by atoms with Crippen molar-refractivity contribution in [2.24, 2.45) is 0 Å². The Hall–Kier alpha value is -2.56. The standard InChI is InChI=1S/C21H24N4O4S2/c1-13-8-9-14(10-17(13)31(28,29)24(2)3)23-18(26)11-25-12-22-20-19(21(25)27)15-6-4-5-7-16(15)30-20/h8-10,12H,4-7,11H2,1-3H3,(H,23,26). The Morgan fingerprint density at radius 1 is 1.26 bits per heavy atom. The van der Waals surface area contributed by atoms with Crippen LogP contribution in [0, 0.1) is 6.92 Å². The van der Waals surface area contributed by atoms with Gasteiger partial charge in [-0.05, 0) is 55.9 Å². The van der Waals surface area contributed by atoms with Crippen LogP contribution < -0.4 is 10.9 Å². The summed E-state index contributed by atoms with van der Waals surface area (Å²) in [6.45, 7) is 1.50. The van der Waals surface area contributed by atoms with Gasteiger partial charge in [-0.1, -0.05) is 6.07 Å². The third kappa shape index (κ3) is 4.02. The molecule has 2 aromatic heterocycles. The van der Waals surface area contributed by atoms with E-state index in [1.54, 1.807) is 30.4 Å². The monoisotopic (exact) mass is 460 g/mol. The number of aromatic nitrogens is 2. The molecule has 31 heavy (non-hydrogen) atoms. The van der Waals surface area contributed by atoms with Crippen LogP contribution in [0.4, 0.5) is 5.69 Å². The Kier molecular flexibility index (Phi) is 5.71. The summed E-state index contributed by atoms with van der Waals surface area (Å²) >= 11 is 1.57. The second-order valence-corrected chi connectivity index (χ2v) is 11.1. The smallest absolute Gasteiger partial charge is 0.262 e. The molecule has 8 nitrogen and oxygen atoms in total. The summed E-state index contributed by atoms with van der Waals surface area (Å²) in [6, 6.07) is 4.72. The van der Waals surface area contributed by atoms with E-state index in [2.05, 4.69) is 10.3 Å². The molecule has 0 saturated heterocycles. The third-order valence-corrected chi connectivity index (χ3v) is 8.64. The van der Waals surface area contributed by atoms with E-state index in [-0.39, 0.29) is 17.0 Å². The number of thiophene rings is 1. The van der Waals surface area contributed by atoms with Crippen LogP contribution >= 0.6 is 11.3 Å². The molecular weight excluding hydrogens is 436 g/mol. The molecule has 1 N–H and O–H groups in total. The molecule has 0 saturated carbocycles. The van der Waals surface area contributed by atoms with Gasteiger partial charge in [0, 0.05) is 24.7 Å². The van der Waals surface area contributed by atoms with Crippen molar-refractivity contribution in [2.45, 2.75) is 44.0 Å². The number of anilines is 1. The number of amides is 1. The number of hydrogen-bond acceptors (Lipinski definition) is 6. The van der Waals surface area contributed by atoms with E-state index in [0.717, 1.165) is 40.4 Å². The number of rotatable bonds is 5. The van der Waals surface area contributed by atoms with Crippen LogP contribution in [-0.4, -0.2) is 42.3 Å². The molecule has 1 aromatic carbocycles. The number of aryl methyl sites for hydroxylation is 3. The Bertz CT molecular complexity index is 1340. The van der Waals surface area contributed by atoms with E-state index in [1.165, 1.54) is 35.9 Å². The molecule has 0 unspecified atom stereocenters. The normalized spacial score (nSPS) is 14.1. The topological polar surface area (TPSA) is 101 Å². The maximum atomic E-state index is 13.0. The van der Waals surface area contributed by atoms with Crippen molar-refractivity contribution < 1.29 is 13.2 Å². The van der Waals surface area contributed by atoms with Crippen molar-refractivity contribution >= 4 is 43.2 Å². The van der Waals surface area contributed by atoms with Crippen LogP contribution in [0.25, 0.3) is 10.2 Å². The van der Waals surface area contributed by atoms with E-state index in [4.69, 9.17) is 0 Å². The fourth-order valence-electron chi connectivity index (χ4n) is 3.80. The van der Waals surface area contributed by atoms with Crippen LogP contribution in [0.15, 0.2) is 34.2 Å². The minimum absolute atomic E-state index is 0.125. The minimum atomic E-state index is -3.64. The van der Waals surface area contributed by atoms with Crippen molar-refractivity contribution in [1.29, 1.82) is 0 Å². The number of carbonyl (C=O) groups is 1. The second-order valence-electron chi connectivity index (χ2n) is 7.88. The van der Waals surface area contributed by atoms with Gasteiger partial charge in [0.2, 0.25) is 15.9 Å². The molecule has 0 bridgehead atoms. The van der Waals surface area contributed by atoms with Crippen molar-refractivity contribution in [3.8, 4) is 0 Å². The lowest BCUT2D eigenvalue weighted by Gasteiger charge is -2.15. The first kappa shape index (κ1) is 21.7. The fraction of sp³-hybridized carbons (Fsp3) is 0.381. The van der Waals surface area contributed by atoms with Crippen LogP contribution in [0.2, 0.25) is 0 Å². The minimum Gasteiger partial charge on any atom is -0.324 e. The van der Waals surface area contributed by atoms with Gasteiger partial charge < -0.3 is 5.32 Å². The predicted molar refractivity (Wildman–Crippen MR) is 121 cm³/mol. The molecule has 3 aromatic rings.